The molecule has 1 fully saturated rings. The summed E-state index contributed by atoms with van der Waals surface area (Å²) in [5.41, 5.74) is 0.678. The van der Waals surface area contributed by atoms with Crippen molar-refractivity contribution >= 4 is 34.9 Å². The van der Waals surface area contributed by atoms with Gasteiger partial charge in [0.15, 0.2) is 11.5 Å². The number of carbonyl (C=O) groups excluding carboxylic acids is 3. The highest BCUT2D eigenvalue weighted by molar-refractivity contribution is 8.18. The fraction of sp³-hybridized carbons (Fsp3) is 0.350. The molecule has 0 saturated carbocycles. The molecule has 1 aliphatic rings. The Hall–Kier alpha value is -2.74. The van der Waals surface area contributed by atoms with Gasteiger partial charge in [-0.15, -0.1) is 0 Å². The number of imide groups is 1. The maximum Gasteiger partial charge on any atom is 0.294 e. The number of amides is 3. The first-order valence-electron chi connectivity index (χ1n) is 8.79. The fourth-order valence-corrected chi connectivity index (χ4v) is 3.19. The molecule has 0 bridgehead atoms. The van der Waals surface area contributed by atoms with Crippen molar-refractivity contribution in [3.8, 4) is 11.5 Å². The zero-order valence-corrected chi connectivity index (χ0v) is 17.0. The van der Waals surface area contributed by atoms with Crippen molar-refractivity contribution in [2.24, 2.45) is 5.92 Å². The number of rotatable bonds is 9. The highest BCUT2D eigenvalue weighted by Crippen LogP contribution is 2.34. The molecule has 8 heteroatoms. The summed E-state index contributed by atoms with van der Waals surface area (Å²) in [4.78, 5) is 37.8. The van der Waals surface area contributed by atoms with Gasteiger partial charge in [-0.1, -0.05) is 32.6 Å². The van der Waals surface area contributed by atoms with Gasteiger partial charge in [0, 0.05) is 6.54 Å². The quantitative estimate of drug-likeness (QED) is 0.503. The predicted molar refractivity (Wildman–Crippen MR) is 109 cm³/mol. The minimum Gasteiger partial charge on any atom is -0.493 e. The van der Waals surface area contributed by atoms with Crippen LogP contribution in [0.3, 0.4) is 0 Å². The molecule has 2 rings (SSSR count). The number of benzene rings is 1. The van der Waals surface area contributed by atoms with Crippen LogP contribution in [0.2, 0.25) is 0 Å². The molecule has 1 heterocycles. The third-order valence-corrected chi connectivity index (χ3v) is 4.63. The van der Waals surface area contributed by atoms with Crippen LogP contribution in [0.4, 0.5) is 4.79 Å². The number of methoxy groups -OCH3 is 1. The summed E-state index contributed by atoms with van der Waals surface area (Å²) in [6, 6.07) is 5.18. The lowest BCUT2D eigenvalue weighted by atomic mass is 10.2. The van der Waals surface area contributed by atoms with E-state index >= 15 is 0 Å². The van der Waals surface area contributed by atoms with Crippen LogP contribution in [-0.4, -0.2) is 48.8 Å². The highest BCUT2D eigenvalue weighted by atomic mass is 32.2. The van der Waals surface area contributed by atoms with Crippen LogP contribution < -0.4 is 14.8 Å². The average Bonchev–Trinajstić information content (AvgIpc) is 2.92. The van der Waals surface area contributed by atoms with Crippen LogP contribution in [0.15, 0.2) is 35.8 Å². The summed E-state index contributed by atoms with van der Waals surface area (Å²) < 4.78 is 10.8. The smallest absolute Gasteiger partial charge is 0.294 e. The summed E-state index contributed by atoms with van der Waals surface area (Å²) in [7, 11) is 1.52. The van der Waals surface area contributed by atoms with E-state index in [0.29, 0.717) is 30.2 Å². The van der Waals surface area contributed by atoms with Crippen LogP contribution in [0.5, 0.6) is 11.5 Å². The molecule has 0 radical (unpaired) electrons. The number of nitrogens with one attached hydrogen (secondary N) is 1. The second-order valence-corrected chi connectivity index (χ2v) is 7.47. The summed E-state index contributed by atoms with van der Waals surface area (Å²) in [5, 5.41) is 2.24. The van der Waals surface area contributed by atoms with Gasteiger partial charge >= 0.3 is 0 Å². The van der Waals surface area contributed by atoms with Gasteiger partial charge < -0.3 is 14.8 Å². The molecular formula is C20H24N2O5S. The molecule has 1 aliphatic heterocycles. The molecule has 1 aromatic carbocycles. The van der Waals surface area contributed by atoms with E-state index in [1.165, 1.54) is 7.11 Å². The van der Waals surface area contributed by atoms with E-state index in [1.807, 2.05) is 13.8 Å². The lowest BCUT2D eigenvalue weighted by Gasteiger charge is -2.13. The van der Waals surface area contributed by atoms with Gasteiger partial charge in [-0.05, 0) is 41.5 Å². The van der Waals surface area contributed by atoms with Crippen LogP contribution in [0.25, 0.3) is 6.08 Å². The van der Waals surface area contributed by atoms with E-state index in [2.05, 4.69) is 11.9 Å². The lowest BCUT2D eigenvalue weighted by molar-refractivity contribution is -0.129. The van der Waals surface area contributed by atoms with Crippen LogP contribution in [-0.2, 0) is 9.59 Å². The molecule has 7 nitrogen and oxygen atoms in total. The first kappa shape index (κ1) is 21.6. The Bertz CT molecular complexity index is 804. The topological polar surface area (TPSA) is 84.9 Å². The van der Waals surface area contributed by atoms with Crippen LogP contribution >= 0.6 is 11.8 Å². The van der Waals surface area contributed by atoms with E-state index in [1.54, 1.807) is 30.4 Å². The number of carbonyl (C=O) groups is 3. The van der Waals surface area contributed by atoms with Crippen LogP contribution in [0.1, 0.15) is 19.4 Å². The second-order valence-electron chi connectivity index (χ2n) is 6.48. The Morgan fingerprint density at radius 1 is 1.32 bits per heavy atom. The Balaban J connectivity index is 2.12. The number of ether oxygens (including phenoxy) is 2. The van der Waals surface area contributed by atoms with Gasteiger partial charge in [0.25, 0.3) is 11.1 Å². The molecule has 150 valence electrons. The SMILES string of the molecule is C=CCOc1ccc(/C=C2\SC(=O)N(CC(=O)NCC(C)C)C2=O)cc1OC. The molecule has 28 heavy (non-hydrogen) atoms. The van der Waals surface area contributed by atoms with Gasteiger partial charge in [0.05, 0.1) is 12.0 Å². The van der Waals surface area contributed by atoms with Crippen molar-refractivity contribution in [2.45, 2.75) is 13.8 Å². The zero-order valence-electron chi connectivity index (χ0n) is 16.2. The van der Waals surface area contributed by atoms with E-state index in [-0.39, 0.29) is 23.3 Å². The monoisotopic (exact) mass is 404 g/mol. The third kappa shape index (κ3) is 5.63. The zero-order chi connectivity index (χ0) is 20.7. The Labute approximate surface area is 168 Å². The lowest BCUT2D eigenvalue weighted by Crippen LogP contribution is -2.40. The first-order valence-corrected chi connectivity index (χ1v) is 9.61. The number of hydrogen-bond donors (Lipinski definition) is 1. The Morgan fingerprint density at radius 2 is 2.07 bits per heavy atom. The molecule has 0 aliphatic carbocycles. The summed E-state index contributed by atoms with van der Waals surface area (Å²) in [6.45, 7) is 8.07. The van der Waals surface area contributed by atoms with Gasteiger partial charge in [-0.2, -0.15) is 0 Å². The Morgan fingerprint density at radius 3 is 2.71 bits per heavy atom. The first-order chi connectivity index (χ1) is 13.3. The molecule has 0 unspecified atom stereocenters. The standard InChI is InChI=1S/C20H24N2O5S/c1-5-8-27-15-7-6-14(9-16(15)26-4)10-17-19(24)22(20(25)28-17)12-18(23)21-11-13(2)3/h5-7,9-10,13H,1,8,11-12H2,2-4H3,(H,21,23)/b17-10-. The number of nitrogens with zero attached hydrogens (tertiary/aromatic N) is 1. The average molecular weight is 404 g/mol. The van der Waals surface area contributed by atoms with E-state index in [4.69, 9.17) is 9.47 Å². The molecule has 0 atom stereocenters. The maximum absolute atomic E-state index is 12.5. The summed E-state index contributed by atoms with van der Waals surface area (Å²) in [5.74, 6) is 0.493. The van der Waals surface area contributed by atoms with Crippen molar-refractivity contribution < 1.29 is 23.9 Å². The van der Waals surface area contributed by atoms with E-state index in [0.717, 1.165) is 16.7 Å². The molecule has 1 aromatic rings. The van der Waals surface area contributed by atoms with E-state index < -0.39 is 11.1 Å². The molecule has 0 spiro atoms. The number of thioether (sulfide) groups is 1. The predicted octanol–water partition coefficient (Wildman–Crippen LogP) is 3.07. The summed E-state index contributed by atoms with van der Waals surface area (Å²) in [6.07, 6.45) is 3.22. The molecule has 1 saturated heterocycles. The van der Waals surface area contributed by atoms with Gasteiger partial charge in [-0.25, -0.2) is 0 Å². The second kappa shape index (κ2) is 9.98. The van der Waals surface area contributed by atoms with Gasteiger partial charge in [-0.3, -0.25) is 19.3 Å². The minimum atomic E-state index is -0.486. The maximum atomic E-state index is 12.5. The van der Waals surface area contributed by atoms with Crippen molar-refractivity contribution in [3.63, 3.8) is 0 Å². The minimum absolute atomic E-state index is 0.253. The van der Waals surface area contributed by atoms with Crippen LogP contribution in [0, 0.1) is 5.92 Å². The van der Waals surface area contributed by atoms with Crippen molar-refractivity contribution in [1.82, 2.24) is 10.2 Å². The van der Waals surface area contributed by atoms with Gasteiger partial charge in [0.2, 0.25) is 5.91 Å². The third-order valence-electron chi connectivity index (χ3n) is 3.72. The van der Waals surface area contributed by atoms with E-state index in [9.17, 15) is 14.4 Å². The molecule has 0 aromatic heterocycles. The Kier molecular flexibility index (Phi) is 7.69. The summed E-state index contributed by atoms with van der Waals surface area (Å²) >= 11 is 0.808. The molecule has 3 amide bonds. The molecular weight excluding hydrogens is 380 g/mol. The van der Waals surface area contributed by atoms with Gasteiger partial charge in [0.1, 0.15) is 13.2 Å². The van der Waals surface area contributed by atoms with Crippen molar-refractivity contribution in [1.29, 1.82) is 0 Å². The van der Waals surface area contributed by atoms with Crippen molar-refractivity contribution in [2.75, 3.05) is 26.8 Å². The number of hydrogen-bond acceptors (Lipinski definition) is 6. The molecule has 1 N–H and O–H groups in total. The largest absolute Gasteiger partial charge is 0.493 e. The van der Waals surface area contributed by atoms with Crippen molar-refractivity contribution in [3.05, 3.63) is 41.3 Å². The fourth-order valence-electron chi connectivity index (χ4n) is 2.35. The highest BCUT2D eigenvalue weighted by Gasteiger charge is 2.36. The normalized spacial score (nSPS) is 15.3.